The van der Waals surface area contributed by atoms with Gasteiger partial charge in [-0.25, -0.2) is 4.79 Å². The van der Waals surface area contributed by atoms with Crippen LogP contribution in [0.5, 0.6) is 0 Å². The summed E-state index contributed by atoms with van der Waals surface area (Å²) in [7, 11) is 1.72. The smallest absolute Gasteiger partial charge is 0.384 e. The molecule has 0 fully saturated rings. The molecule has 154 valence electrons. The molecule has 1 atom stereocenters. The van der Waals surface area contributed by atoms with Crippen molar-refractivity contribution in [3.63, 3.8) is 0 Å². The van der Waals surface area contributed by atoms with Gasteiger partial charge in [-0.2, -0.15) is 4.68 Å². The van der Waals surface area contributed by atoms with Gasteiger partial charge in [-0.1, -0.05) is 58.0 Å². The van der Waals surface area contributed by atoms with E-state index in [1.165, 1.54) is 4.68 Å². The van der Waals surface area contributed by atoms with Crippen LogP contribution in [0, 0.1) is 11.8 Å². The number of benzene rings is 1. The molecule has 1 aromatic carbocycles. The molecule has 0 aliphatic heterocycles. The molecule has 0 bridgehead atoms. The van der Waals surface area contributed by atoms with Crippen LogP contribution in [-0.2, 0) is 6.54 Å². The van der Waals surface area contributed by atoms with E-state index in [1.54, 1.807) is 14.0 Å². The van der Waals surface area contributed by atoms with E-state index in [1.807, 2.05) is 58.0 Å². The maximum Gasteiger partial charge on any atom is 0.437 e. The van der Waals surface area contributed by atoms with Gasteiger partial charge in [0.2, 0.25) is 5.78 Å². The van der Waals surface area contributed by atoms with Crippen LogP contribution in [-0.4, -0.2) is 34.4 Å². The molecule has 0 unspecified atom stereocenters. The molecule has 1 aromatic heterocycles. The van der Waals surface area contributed by atoms with Crippen LogP contribution in [0.2, 0.25) is 0 Å². The van der Waals surface area contributed by atoms with Crippen LogP contribution in [0.3, 0.4) is 0 Å². The van der Waals surface area contributed by atoms with Crippen LogP contribution in [0.4, 0.5) is 0 Å². The molecule has 0 amide bonds. The highest BCUT2D eigenvalue weighted by atomic mass is 16.4. The van der Waals surface area contributed by atoms with E-state index in [0.29, 0.717) is 18.9 Å². The van der Waals surface area contributed by atoms with Crippen LogP contribution in [0.1, 0.15) is 62.1 Å². The first-order valence-electron chi connectivity index (χ1n) is 9.51. The Morgan fingerprint density at radius 2 is 1.71 bits per heavy atom. The molecule has 0 saturated carbocycles. The summed E-state index contributed by atoms with van der Waals surface area (Å²) in [5, 5.41) is 6.91. The third-order valence-corrected chi connectivity index (χ3v) is 3.91. The summed E-state index contributed by atoms with van der Waals surface area (Å²) in [6, 6.07) is 8.86. The van der Waals surface area contributed by atoms with E-state index >= 15 is 0 Å². The second kappa shape index (κ2) is 11.3. The SMILES string of the molecule is CC(=O)c1ccccc1.CN[C@@H](CC(C)C)C(=O)c1nn(CC(C)C)c(=O)o1. The van der Waals surface area contributed by atoms with Crippen molar-refractivity contribution in [3.8, 4) is 0 Å². The van der Waals surface area contributed by atoms with Crippen molar-refractivity contribution in [3.05, 3.63) is 52.3 Å². The van der Waals surface area contributed by atoms with Crippen molar-refractivity contribution in [2.75, 3.05) is 7.05 Å². The van der Waals surface area contributed by atoms with Crippen molar-refractivity contribution in [1.29, 1.82) is 0 Å². The zero-order valence-corrected chi connectivity index (χ0v) is 17.6. The number of nitrogens with one attached hydrogen (secondary N) is 1. The number of rotatable bonds is 8. The zero-order chi connectivity index (χ0) is 21.3. The molecule has 7 heteroatoms. The molecule has 0 saturated heterocycles. The Balaban J connectivity index is 0.000000362. The first-order chi connectivity index (χ1) is 13.1. The Labute approximate surface area is 166 Å². The number of hydrogen-bond donors (Lipinski definition) is 1. The third-order valence-electron chi connectivity index (χ3n) is 3.91. The topological polar surface area (TPSA) is 94.2 Å². The highest BCUT2D eigenvalue weighted by Gasteiger charge is 2.25. The number of ketones is 2. The molecule has 1 N–H and O–H groups in total. The fourth-order valence-electron chi connectivity index (χ4n) is 2.52. The normalized spacial score (nSPS) is 11.9. The fraction of sp³-hybridized carbons (Fsp3) is 0.524. The highest BCUT2D eigenvalue weighted by Crippen LogP contribution is 2.09. The minimum atomic E-state index is -0.573. The van der Waals surface area contributed by atoms with E-state index in [2.05, 4.69) is 10.4 Å². The highest BCUT2D eigenvalue weighted by molar-refractivity contribution is 5.96. The number of Topliss-reactive ketones (excluding diaryl/α,β-unsaturated/α-hetero) is 2. The van der Waals surface area contributed by atoms with Crippen LogP contribution >= 0.6 is 0 Å². The number of nitrogens with zero attached hydrogens (tertiary/aromatic N) is 2. The maximum atomic E-state index is 12.2. The Morgan fingerprint density at radius 1 is 1.11 bits per heavy atom. The Kier molecular flexibility index (Phi) is 9.51. The Hall–Kier alpha value is -2.54. The zero-order valence-electron chi connectivity index (χ0n) is 17.6. The molecule has 7 nitrogen and oxygen atoms in total. The van der Waals surface area contributed by atoms with Crippen LogP contribution in [0.15, 0.2) is 39.5 Å². The van der Waals surface area contributed by atoms with Crippen LogP contribution < -0.4 is 11.1 Å². The standard InChI is InChI=1S/C13H23N3O3.C8H8O/c1-8(2)6-10(14-5)11(17)12-15-16(7-9(3)4)13(18)19-12;1-7(9)8-5-3-2-4-6-8/h8-10,14H,6-7H2,1-5H3;2-6H,1H3/t10-;/m0./s1. The predicted octanol–water partition coefficient (Wildman–Crippen LogP) is 3.20. The summed E-state index contributed by atoms with van der Waals surface area (Å²) in [5.74, 6) is -0.194. The molecule has 1 heterocycles. The van der Waals surface area contributed by atoms with Crippen molar-refractivity contribution < 1.29 is 14.0 Å². The molecule has 2 rings (SSSR count). The van der Waals surface area contributed by atoms with Gasteiger partial charge in [0, 0.05) is 5.56 Å². The van der Waals surface area contributed by atoms with Crippen LogP contribution in [0.25, 0.3) is 0 Å². The van der Waals surface area contributed by atoms with Gasteiger partial charge in [0.15, 0.2) is 5.78 Å². The quantitative estimate of drug-likeness (QED) is 0.697. The van der Waals surface area contributed by atoms with E-state index in [-0.39, 0.29) is 29.4 Å². The Bertz CT molecular complexity index is 807. The van der Waals surface area contributed by atoms with Crippen molar-refractivity contribution in [2.24, 2.45) is 11.8 Å². The monoisotopic (exact) mass is 389 g/mol. The van der Waals surface area contributed by atoms with Crippen molar-refractivity contribution in [1.82, 2.24) is 15.1 Å². The average Bonchev–Trinajstić information content (AvgIpc) is 3.00. The molecular formula is C21H31N3O4. The molecule has 2 aromatic rings. The summed E-state index contributed by atoms with van der Waals surface area (Å²) in [4.78, 5) is 34.4. The lowest BCUT2D eigenvalue weighted by molar-refractivity contribution is 0.0897. The van der Waals surface area contributed by atoms with Gasteiger partial charge in [0.05, 0.1) is 12.6 Å². The molecule has 0 radical (unpaired) electrons. The summed E-state index contributed by atoms with van der Waals surface area (Å²) < 4.78 is 6.16. The van der Waals surface area contributed by atoms with Gasteiger partial charge < -0.3 is 9.73 Å². The first-order valence-corrected chi connectivity index (χ1v) is 9.51. The molecule has 28 heavy (non-hydrogen) atoms. The second-order valence-corrected chi connectivity index (χ2v) is 7.51. The lowest BCUT2D eigenvalue weighted by Gasteiger charge is -2.14. The average molecular weight is 389 g/mol. The number of likely N-dealkylation sites (N-methyl/N-ethyl adjacent to an activating group) is 1. The number of carbonyl (C=O) groups excluding carboxylic acids is 2. The predicted molar refractivity (Wildman–Crippen MR) is 109 cm³/mol. The number of aromatic nitrogens is 2. The molecule has 0 spiro atoms. The number of hydrogen-bond acceptors (Lipinski definition) is 6. The van der Waals surface area contributed by atoms with Gasteiger partial charge in [-0.3, -0.25) is 9.59 Å². The van der Waals surface area contributed by atoms with Gasteiger partial charge in [-0.05, 0) is 32.2 Å². The minimum Gasteiger partial charge on any atom is -0.384 e. The summed E-state index contributed by atoms with van der Waals surface area (Å²) in [6.07, 6.45) is 0.677. The van der Waals surface area contributed by atoms with Gasteiger partial charge in [0.1, 0.15) is 0 Å². The first kappa shape index (κ1) is 23.5. The third kappa shape index (κ3) is 7.60. The summed E-state index contributed by atoms with van der Waals surface area (Å²) >= 11 is 0. The summed E-state index contributed by atoms with van der Waals surface area (Å²) in [6.45, 7) is 10.0. The maximum absolute atomic E-state index is 12.2. The van der Waals surface area contributed by atoms with E-state index < -0.39 is 5.76 Å². The van der Waals surface area contributed by atoms with Crippen molar-refractivity contribution in [2.45, 2.75) is 53.6 Å². The second-order valence-electron chi connectivity index (χ2n) is 7.51. The number of carbonyl (C=O) groups is 2. The van der Waals surface area contributed by atoms with E-state index in [0.717, 1.165) is 5.56 Å². The van der Waals surface area contributed by atoms with E-state index in [4.69, 9.17) is 4.42 Å². The van der Waals surface area contributed by atoms with Gasteiger partial charge in [-0.15, -0.1) is 5.10 Å². The minimum absolute atomic E-state index is 0.106. The largest absolute Gasteiger partial charge is 0.437 e. The molecular weight excluding hydrogens is 358 g/mol. The fourth-order valence-corrected chi connectivity index (χ4v) is 2.52. The molecule has 0 aliphatic carbocycles. The molecule has 0 aliphatic rings. The Morgan fingerprint density at radius 3 is 2.14 bits per heavy atom. The summed E-state index contributed by atoms with van der Waals surface area (Å²) in [5.41, 5.74) is 0.775. The van der Waals surface area contributed by atoms with Gasteiger partial charge >= 0.3 is 5.76 Å². The lowest BCUT2D eigenvalue weighted by Crippen LogP contribution is -2.35. The van der Waals surface area contributed by atoms with E-state index in [9.17, 15) is 14.4 Å². The van der Waals surface area contributed by atoms with Crippen molar-refractivity contribution >= 4 is 11.6 Å². The van der Waals surface area contributed by atoms with Gasteiger partial charge in [0.25, 0.3) is 5.89 Å². The lowest BCUT2D eigenvalue weighted by atomic mass is 10.0.